The normalized spacial score (nSPS) is 13.7. The molecule has 0 N–H and O–H groups in total. The van der Waals surface area contributed by atoms with Crippen LogP contribution in [0, 0.1) is 12.3 Å². The van der Waals surface area contributed by atoms with Crippen LogP contribution in [0.5, 0.6) is 0 Å². The smallest absolute Gasteiger partial charge is 0.113 e. The molecule has 1 aliphatic heterocycles. The number of rotatable bonds is 0. The standard InChI is InChI=1S/C12H10O/c1-3-10-4-5-11-8-13-7-9(2)12(11)6-10/h1,4-7H,8H2,2H3. The zero-order valence-corrected chi connectivity index (χ0v) is 7.50. The third-order valence-corrected chi connectivity index (χ3v) is 2.20. The third kappa shape index (κ3) is 1.31. The molecule has 0 atom stereocenters. The van der Waals surface area contributed by atoms with Crippen LogP contribution in [0.1, 0.15) is 23.6 Å². The van der Waals surface area contributed by atoms with E-state index in [2.05, 4.69) is 5.92 Å². The van der Waals surface area contributed by atoms with Crippen LogP contribution in [0.15, 0.2) is 24.5 Å². The lowest BCUT2D eigenvalue weighted by atomic mass is 9.98. The molecular weight excluding hydrogens is 160 g/mol. The maximum Gasteiger partial charge on any atom is 0.113 e. The second-order valence-electron chi connectivity index (χ2n) is 3.13. The van der Waals surface area contributed by atoms with Crippen molar-refractivity contribution < 1.29 is 4.74 Å². The molecule has 1 aromatic carbocycles. The molecule has 1 aromatic rings. The average Bonchev–Trinajstić information content (AvgIpc) is 2.18. The van der Waals surface area contributed by atoms with E-state index in [-0.39, 0.29) is 0 Å². The van der Waals surface area contributed by atoms with Crippen molar-refractivity contribution in [1.29, 1.82) is 0 Å². The highest BCUT2D eigenvalue weighted by Gasteiger charge is 2.09. The molecule has 2 rings (SSSR count). The average molecular weight is 170 g/mol. The Kier molecular flexibility index (Phi) is 1.83. The lowest BCUT2D eigenvalue weighted by Crippen LogP contribution is -2.00. The summed E-state index contributed by atoms with van der Waals surface area (Å²) in [4.78, 5) is 0. The Morgan fingerprint density at radius 1 is 1.46 bits per heavy atom. The van der Waals surface area contributed by atoms with Crippen molar-refractivity contribution in [2.24, 2.45) is 0 Å². The van der Waals surface area contributed by atoms with E-state index in [1.165, 1.54) is 11.1 Å². The summed E-state index contributed by atoms with van der Waals surface area (Å²) in [6.07, 6.45) is 7.11. The van der Waals surface area contributed by atoms with Crippen molar-refractivity contribution in [3.63, 3.8) is 0 Å². The predicted molar refractivity (Wildman–Crippen MR) is 52.8 cm³/mol. The molecule has 0 fully saturated rings. The van der Waals surface area contributed by atoms with Crippen LogP contribution in [0.2, 0.25) is 0 Å². The molecule has 13 heavy (non-hydrogen) atoms. The van der Waals surface area contributed by atoms with Gasteiger partial charge in [0.2, 0.25) is 0 Å². The first-order valence-electron chi connectivity index (χ1n) is 4.19. The van der Waals surface area contributed by atoms with Crippen molar-refractivity contribution in [2.45, 2.75) is 13.5 Å². The molecule has 1 nitrogen and oxygen atoms in total. The summed E-state index contributed by atoms with van der Waals surface area (Å²) in [5, 5.41) is 0. The molecule has 0 aliphatic carbocycles. The van der Waals surface area contributed by atoms with Crippen LogP contribution in [0.3, 0.4) is 0 Å². The van der Waals surface area contributed by atoms with Crippen LogP contribution in [-0.4, -0.2) is 0 Å². The first-order chi connectivity index (χ1) is 6.31. The van der Waals surface area contributed by atoms with Gasteiger partial charge in [-0.2, -0.15) is 0 Å². The maximum atomic E-state index is 5.33. The lowest BCUT2D eigenvalue weighted by molar-refractivity contribution is 0.232. The van der Waals surface area contributed by atoms with Gasteiger partial charge in [0.1, 0.15) is 6.61 Å². The Morgan fingerprint density at radius 3 is 3.08 bits per heavy atom. The summed E-state index contributed by atoms with van der Waals surface area (Å²) >= 11 is 0. The Bertz CT molecular complexity index is 408. The van der Waals surface area contributed by atoms with Crippen molar-refractivity contribution in [2.75, 3.05) is 0 Å². The minimum atomic E-state index is 0.650. The van der Waals surface area contributed by atoms with Gasteiger partial charge in [-0.25, -0.2) is 0 Å². The van der Waals surface area contributed by atoms with Crippen LogP contribution in [-0.2, 0) is 11.3 Å². The quantitative estimate of drug-likeness (QED) is 0.544. The zero-order chi connectivity index (χ0) is 9.26. The van der Waals surface area contributed by atoms with Crippen LogP contribution >= 0.6 is 0 Å². The SMILES string of the molecule is C#Cc1ccc2c(c1)C(C)=COC2. The van der Waals surface area contributed by atoms with Crippen LogP contribution < -0.4 is 0 Å². The van der Waals surface area contributed by atoms with Gasteiger partial charge < -0.3 is 4.74 Å². The molecule has 0 bridgehead atoms. The van der Waals surface area contributed by atoms with Crippen LogP contribution in [0.4, 0.5) is 0 Å². The van der Waals surface area contributed by atoms with E-state index >= 15 is 0 Å². The van der Waals surface area contributed by atoms with Gasteiger partial charge in [0.05, 0.1) is 6.26 Å². The fourth-order valence-electron chi connectivity index (χ4n) is 1.48. The number of benzene rings is 1. The van der Waals surface area contributed by atoms with Crippen molar-refractivity contribution in [3.05, 3.63) is 41.2 Å². The van der Waals surface area contributed by atoms with E-state index in [4.69, 9.17) is 11.2 Å². The summed E-state index contributed by atoms with van der Waals surface area (Å²) in [6.45, 7) is 2.68. The summed E-state index contributed by atoms with van der Waals surface area (Å²) in [6, 6.07) is 6.01. The molecule has 0 radical (unpaired) electrons. The first-order valence-corrected chi connectivity index (χ1v) is 4.19. The van der Waals surface area contributed by atoms with Gasteiger partial charge in [-0.05, 0) is 35.8 Å². The molecule has 1 heteroatoms. The summed E-state index contributed by atoms with van der Waals surface area (Å²) in [5.41, 5.74) is 4.48. The molecule has 0 spiro atoms. The molecule has 0 amide bonds. The molecule has 64 valence electrons. The van der Waals surface area contributed by atoms with Crippen LogP contribution in [0.25, 0.3) is 5.57 Å². The van der Waals surface area contributed by atoms with Gasteiger partial charge in [0.15, 0.2) is 0 Å². The van der Waals surface area contributed by atoms with Gasteiger partial charge in [-0.15, -0.1) is 6.42 Å². The third-order valence-electron chi connectivity index (χ3n) is 2.20. The van der Waals surface area contributed by atoms with Gasteiger partial charge in [-0.3, -0.25) is 0 Å². The summed E-state index contributed by atoms with van der Waals surface area (Å²) in [5.74, 6) is 2.63. The Morgan fingerprint density at radius 2 is 2.31 bits per heavy atom. The molecular formula is C12H10O. The topological polar surface area (TPSA) is 9.23 Å². The van der Waals surface area contributed by atoms with Gasteiger partial charge in [0.25, 0.3) is 0 Å². The minimum absolute atomic E-state index is 0.650. The number of fused-ring (bicyclic) bond motifs is 1. The van der Waals surface area contributed by atoms with E-state index in [0.717, 1.165) is 11.1 Å². The summed E-state index contributed by atoms with van der Waals surface area (Å²) in [7, 11) is 0. The number of allylic oxidation sites excluding steroid dienone is 1. The highest BCUT2D eigenvalue weighted by atomic mass is 16.5. The number of ether oxygens (including phenoxy) is 1. The second-order valence-corrected chi connectivity index (χ2v) is 3.13. The van der Waals surface area contributed by atoms with Gasteiger partial charge >= 0.3 is 0 Å². The number of terminal acetylenes is 1. The second kappa shape index (κ2) is 2.99. The van der Waals surface area contributed by atoms with E-state index in [0.29, 0.717) is 6.61 Å². The largest absolute Gasteiger partial charge is 0.496 e. The minimum Gasteiger partial charge on any atom is -0.496 e. The van der Waals surface area contributed by atoms with Gasteiger partial charge in [-0.1, -0.05) is 12.0 Å². The van der Waals surface area contributed by atoms with E-state index in [1.807, 2.05) is 25.1 Å². The lowest BCUT2D eigenvalue weighted by Gasteiger charge is -2.15. The zero-order valence-electron chi connectivity index (χ0n) is 7.50. The fraction of sp³-hybridized carbons (Fsp3) is 0.167. The molecule has 0 saturated heterocycles. The highest BCUT2D eigenvalue weighted by Crippen LogP contribution is 2.25. The van der Waals surface area contributed by atoms with Crippen molar-refractivity contribution in [3.8, 4) is 12.3 Å². The van der Waals surface area contributed by atoms with E-state index in [9.17, 15) is 0 Å². The Hall–Kier alpha value is -1.68. The number of hydrogen-bond acceptors (Lipinski definition) is 1. The molecule has 1 aliphatic rings. The molecule has 1 heterocycles. The van der Waals surface area contributed by atoms with Crippen molar-refractivity contribution in [1.82, 2.24) is 0 Å². The maximum absolute atomic E-state index is 5.33. The van der Waals surface area contributed by atoms with E-state index in [1.54, 1.807) is 6.26 Å². The Labute approximate surface area is 78.0 Å². The number of hydrogen-bond donors (Lipinski definition) is 0. The molecule has 0 aromatic heterocycles. The highest BCUT2D eigenvalue weighted by molar-refractivity contribution is 5.68. The van der Waals surface area contributed by atoms with Crippen molar-refractivity contribution >= 4 is 5.57 Å². The molecule has 0 saturated carbocycles. The van der Waals surface area contributed by atoms with Gasteiger partial charge in [0, 0.05) is 5.56 Å². The fourth-order valence-corrected chi connectivity index (χ4v) is 1.48. The first kappa shape index (κ1) is 7.94. The van der Waals surface area contributed by atoms with E-state index < -0.39 is 0 Å². The monoisotopic (exact) mass is 170 g/mol. The summed E-state index contributed by atoms with van der Waals surface area (Å²) < 4.78 is 5.27. The Balaban J connectivity index is 2.58. The predicted octanol–water partition coefficient (Wildman–Crippen LogP) is 2.56. The molecule has 0 unspecified atom stereocenters.